The van der Waals surface area contributed by atoms with E-state index in [1.165, 1.54) is 24.3 Å². The van der Waals surface area contributed by atoms with Gasteiger partial charge in [0.25, 0.3) is 11.8 Å². The maximum Gasteiger partial charge on any atom is 0.274 e. The van der Waals surface area contributed by atoms with Gasteiger partial charge in [0.1, 0.15) is 11.4 Å². The van der Waals surface area contributed by atoms with E-state index in [9.17, 15) is 18.4 Å². The van der Waals surface area contributed by atoms with Crippen molar-refractivity contribution in [1.82, 2.24) is 4.98 Å². The van der Waals surface area contributed by atoms with E-state index in [0.29, 0.717) is 5.69 Å². The number of nitrogens with zero attached hydrogens (tertiary/aromatic N) is 1. The smallest absolute Gasteiger partial charge is 0.274 e. The fraction of sp³-hybridized carbons (Fsp3) is 0.0500. The van der Waals surface area contributed by atoms with Crippen LogP contribution in [0.1, 0.15) is 26.5 Å². The predicted octanol–water partition coefficient (Wildman–Crippen LogP) is 4.17. The number of carbonyl (C=O) groups is 2. The maximum atomic E-state index is 13.2. The van der Waals surface area contributed by atoms with Gasteiger partial charge in [-0.1, -0.05) is 18.2 Å². The topological polar surface area (TPSA) is 71.1 Å². The molecule has 5 nitrogen and oxygen atoms in total. The van der Waals surface area contributed by atoms with Crippen molar-refractivity contribution >= 4 is 23.2 Å². The second-order valence-electron chi connectivity index (χ2n) is 5.81. The number of aromatic nitrogens is 1. The normalized spacial score (nSPS) is 10.3. The zero-order valence-electron chi connectivity index (χ0n) is 14.3. The summed E-state index contributed by atoms with van der Waals surface area (Å²) >= 11 is 0. The minimum Gasteiger partial charge on any atom is -0.321 e. The first-order valence-corrected chi connectivity index (χ1v) is 8.04. The third-order valence-electron chi connectivity index (χ3n) is 3.67. The van der Waals surface area contributed by atoms with Crippen LogP contribution in [0.4, 0.5) is 20.2 Å². The van der Waals surface area contributed by atoms with Gasteiger partial charge in [-0.15, -0.1) is 0 Å². The number of carbonyl (C=O) groups excluding carboxylic acids is 2. The summed E-state index contributed by atoms with van der Waals surface area (Å²) in [6.07, 6.45) is 0. The van der Waals surface area contributed by atoms with Crippen molar-refractivity contribution in [3.05, 3.63) is 89.2 Å². The highest BCUT2D eigenvalue weighted by atomic mass is 19.2. The standard InChI is InChI=1S/C20H15F2N3O2/c1-12-4-2-5-13(10-12)23-19(26)17-6-3-7-18(25-17)20(27)24-14-8-9-15(21)16(22)11-14/h2-11H,1H3,(H,23,26)(H,24,27). The summed E-state index contributed by atoms with van der Waals surface area (Å²) in [5.41, 5.74) is 1.69. The van der Waals surface area contributed by atoms with E-state index in [-0.39, 0.29) is 17.1 Å². The molecule has 3 rings (SSSR count). The molecular weight excluding hydrogens is 352 g/mol. The van der Waals surface area contributed by atoms with Crippen LogP contribution < -0.4 is 10.6 Å². The summed E-state index contributed by atoms with van der Waals surface area (Å²) in [6, 6.07) is 14.6. The zero-order chi connectivity index (χ0) is 19.4. The van der Waals surface area contributed by atoms with Crippen LogP contribution in [0.25, 0.3) is 0 Å². The van der Waals surface area contributed by atoms with Crippen molar-refractivity contribution in [1.29, 1.82) is 0 Å². The molecule has 2 amide bonds. The Kier molecular flexibility index (Phi) is 5.21. The minimum absolute atomic E-state index is 0.0309. The Hall–Kier alpha value is -3.61. The van der Waals surface area contributed by atoms with Crippen LogP contribution in [-0.4, -0.2) is 16.8 Å². The summed E-state index contributed by atoms with van der Waals surface area (Å²) in [5, 5.41) is 5.11. The second-order valence-corrected chi connectivity index (χ2v) is 5.81. The Morgan fingerprint density at radius 2 is 1.37 bits per heavy atom. The van der Waals surface area contributed by atoms with E-state index in [2.05, 4.69) is 15.6 Å². The Labute approximate surface area is 154 Å². The molecule has 0 saturated carbocycles. The number of anilines is 2. The van der Waals surface area contributed by atoms with Crippen molar-refractivity contribution in [2.45, 2.75) is 6.92 Å². The lowest BCUT2D eigenvalue weighted by Gasteiger charge is -2.08. The number of aryl methyl sites for hydroxylation is 1. The lowest BCUT2D eigenvalue weighted by Crippen LogP contribution is -2.18. The zero-order valence-corrected chi connectivity index (χ0v) is 14.3. The molecule has 0 atom stereocenters. The number of halogens is 2. The molecule has 0 aliphatic heterocycles. The number of hydrogen-bond acceptors (Lipinski definition) is 3. The van der Waals surface area contributed by atoms with Gasteiger partial charge in [0.05, 0.1) is 0 Å². The van der Waals surface area contributed by atoms with Crippen molar-refractivity contribution in [2.75, 3.05) is 10.6 Å². The van der Waals surface area contributed by atoms with Crippen LogP contribution in [0.15, 0.2) is 60.7 Å². The number of hydrogen-bond donors (Lipinski definition) is 2. The molecule has 0 fully saturated rings. The van der Waals surface area contributed by atoms with E-state index in [4.69, 9.17) is 0 Å². The van der Waals surface area contributed by atoms with Gasteiger partial charge in [0, 0.05) is 17.4 Å². The number of nitrogens with one attached hydrogen (secondary N) is 2. The molecule has 0 unspecified atom stereocenters. The first kappa shape index (κ1) is 18.2. The fourth-order valence-electron chi connectivity index (χ4n) is 2.37. The van der Waals surface area contributed by atoms with Crippen molar-refractivity contribution < 1.29 is 18.4 Å². The van der Waals surface area contributed by atoms with Gasteiger partial charge in [0.2, 0.25) is 0 Å². The molecule has 0 aliphatic rings. The van der Waals surface area contributed by atoms with Crippen LogP contribution >= 0.6 is 0 Å². The average Bonchev–Trinajstić information content (AvgIpc) is 2.65. The minimum atomic E-state index is -1.08. The van der Waals surface area contributed by atoms with Crippen molar-refractivity contribution in [3.63, 3.8) is 0 Å². The van der Waals surface area contributed by atoms with E-state index in [1.807, 2.05) is 19.1 Å². The SMILES string of the molecule is Cc1cccc(NC(=O)c2cccc(C(=O)Nc3ccc(F)c(F)c3)n2)c1. The van der Waals surface area contributed by atoms with E-state index in [1.54, 1.807) is 12.1 Å². The van der Waals surface area contributed by atoms with E-state index >= 15 is 0 Å². The van der Waals surface area contributed by atoms with E-state index < -0.39 is 23.4 Å². The fourth-order valence-corrected chi connectivity index (χ4v) is 2.37. The third-order valence-corrected chi connectivity index (χ3v) is 3.67. The molecule has 1 aromatic heterocycles. The maximum absolute atomic E-state index is 13.2. The lowest BCUT2D eigenvalue weighted by atomic mass is 10.2. The molecule has 0 bridgehead atoms. The van der Waals surface area contributed by atoms with Gasteiger partial charge >= 0.3 is 0 Å². The van der Waals surface area contributed by atoms with Gasteiger partial charge in [-0.25, -0.2) is 13.8 Å². The highest BCUT2D eigenvalue weighted by molar-refractivity contribution is 6.06. The molecule has 2 N–H and O–H groups in total. The average molecular weight is 367 g/mol. The largest absolute Gasteiger partial charge is 0.321 e. The molecule has 2 aromatic carbocycles. The first-order valence-electron chi connectivity index (χ1n) is 8.04. The highest BCUT2D eigenvalue weighted by Crippen LogP contribution is 2.15. The van der Waals surface area contributed by atoms with Gasteiger partial charge in [0.15, 0.2) is 11.6 Å². The number of rotatable bonds is 4. The Bertz CT molecular complexity index is 1020. The van der Waals surface area contributed by atoms with Crippen LogP contribution in [0.2, 0.25) is 0 Å². The number of benzene rings is 2. The summed E-state index contributed by atoms with van der Waals surface area (Å²) < 4.78 is 26.2. The molecule has 3 aromatic rings. The van der Waals surface area contributed by atoms with Crippen LogP contribution in [0, 0.1) is 18.6 Å². The van der Waals surface area contributed by atoms with Gasteiger partial charge in [-0.2, -0.15) is 0 Å². The molecule has 0 aliphatic carbocycles. The molecule has 0 spiro atoms. The van der Waals surface area contributed by atoms with Crippen LogP contribution in [-0.2, 0) is 0 Å². The summed E-state index contributed by atoms with van der Waals surface area (Å²) in [5.74, 6) is -3.21. The Balaban J connectivity index is 1.75. The Morgan fingerprint density at radius 1 is 0.778 bits per heavy atom. The lowest BCUT2D eigenvalue weighted by molar-refractivity contribution is 0.101. The van der Waals surface area contributed by atoms with Gasteiger partial charge in [-0.05, 0) is 48.9 Å². The Morgan fingerprint density at radius 3 is 1.96 bits per heavy atom. The second kappa shape index (κ2) is 7.74. The highest BCUT2D eigenvalue weighted by Gasteiger charge is 2.14. The van der Waals surface area contributed by atoms with E-state index in [0.717, 1.165) is 17.7 Å². The number of pyridine rings is 1. The van der Waals surface area contributed by atoms with Gasteiger partial charge in [-0.3, -0.25) is 9.59 Å². The van der Waals surface area contributed by atoms with Crippen molar-refractivity contribution in [2.24, 2.45) is 0 Å². The van der Waals surface area contributed by atoms with Crippen LogP contribution in [0.5, 0.6) is 0 Å². The molecule has 1 heterocycles. The van der Waals surface area contributed by atoms with Gasteiger partial charge < -0.3 is 10.6 Å². The summed E-state index contributed by atoms with van der Waals surface area (Å²) in [6.45, 7) is 1.90. The predicted molar refractivity (Wildman–Crippen MR) is 97.7 cm³/mol. The summed E-state index contributed by atoms with van der Waals surface area (Å²) in [7, 11) is 0. The molecule has 7 heteroatoms. The van der Waals surface area contributed by atoms with Crippen LogP contribution in [0.3, 0.4) is 0 Å². The molecule has 0 saturated heterocycles. The van der Waals surface area contributed by atoms with Crippen molar-refractivity contribution in [3.8, 4) is 0 Å². The molecule has 27 heavy (non-hydrogen) atoms. The summed E-state index contributed by atoms with van der Waals surface area (Å²) in [4.78, 5) is 28.6. The quantitative estimate of drug-likeness (QED) is 0.727. The molecule has 0 radical (unpaired) electrons. The third kappa shape index (κ3) is 4.52. The molecular formula is C20H15F2N3O2. The number of amides is 2. The first-order chi connectivity index (χ1) is 12.9. The molecule has 136 valence electrons. The monoisotopic (exact) mass is 367 g/mol.